The summed E-state index contributed by atoms with van der Waals surface area (Å²) in [4.78, 5) is 22.9. The number of amides is 1. The number of nitrogens with zero attached hydrogens (tertiary/aromatic N) is 3. The van der Waals surface area contributed by atoms with Crippen LogP contribution < -0.4 is 5.32 Å². The van der Waals surface area contributed by atoms with Gasteiger partial charge < -0.3 is 15.4 Å². The van der Waals surface area contributed by atoms with Gasteiger partial charge in [0.25, 0.3) is 5.91 Å². The van der Waals surface area contributed by atoms with E-state index in [-0.39, 0.29) is 11.7 Å². The molecule has 0 atom stereocenters. The molecule has 0 saturated heterocycles. The van der Waals surface area contributed by atoms with Crippen LogP contribution in [0.2, 0.25) is 0 Å². The summed E-state index contributed by atoms with van der Waals surface area (Å²) >= 11 is 1.35. The van der Waals surface area contributed by atoms with E-state index in [0.29, 0.717) is 18.0 Å². The van der Waals surface area contributed by atoms with Crippen molar-refractivity contribution in [2.75, 3.05) is 6.54 Å². The minimum absolute atomic E-state index is 0.112. The lowest BCUT2D eigenvalue weighted by Crippen LogP contribution is -2.24. The molecule has 0 saturated carbocycles. The fraction of sp³-hybridized carbons (Fsp3) is 0.176. The van der Waals surface area contributed by atoms with Gasteiger partial charge in [-0.3, -0.25) is 4.79 Å². The molecule has 0 bridgehead atoms. The zero-order valence-corrected chi connectivity index (χ0v) is 14.1. The summed E-state index contributed by atoms with van der Waals surface area (Å²) in [5.41, 5.74) is 2.06. The van der Waals surface area contributed by atoms with Crippen molar-refractivity contribution in [1.82, 2.24) is 15.1 Å². The summed E-state index contributed by atoms with van der Waals surface area (Å²) in [6.45, 7) is 0.961. The van der Waals surface area contributed by atoms with E-state index in [1.807, 2.05) is 35.7 Å². The van der Waals surface area contributed by atoms with Gasteiger partial charge in [0.1, 0.15) is 0 Å². The van der Waals surface area contributed by atoms with Crippen LogP contribution in [0.4, 0.5) is 5.82 Å². The first-order chi connectivity index (χ1) is 12.1. The Hall–Kier alpha value is -3.00. The molecule has 2 aromatic heterocycles. The van der Waals surface area contributed by atoms with Crippen molar-refractivity contribution in [3.8, 4) is 0 Å². The molecule has 7 nitrogen and oxygen atoms in total. The topological polar surface area (TPSA) is 90.1 Å². The Morgan fingerprint density at radius 2 is 2.04 bits per heavy atom. The van der Waals surface area contributed by atoms with Crippen LogP contribution >= 0.6 is 11.3 Å². The number of rotatable bonds is 7. The van der Waals surface area contributed by atoms with Gasteiger partial charge in [0, 0.05) is 6.54 Å². The molecule has 0 radical (unpaired) electrons. The van der Waals surface area contributed by atoms with Gasteiger partial charge in [0.05, 0.1) is 28.8 Å². The van der Waals surface area contributed by atoms with E-state index < -0.39 is 4.92 Å². The summed E-state index contributed by atoms with van der Waals surface area (Å²) in [6.07, 6.45) is 2.33. The van der Waals surface area contributed by atoms with Gasteiger partial charge in [-0.1, -0.05) is 30.3 Å². The molecule has 0 aliphatic heterocycles. The molecule has 128 valence electrons. The second kappa shape index (κ2) is 7.71. The van der Waals surface area contributed by atoms with Crippen molar-refractivity contribution in [1.29, 1.82) is 0 Å². The normalized spacial score (nSPS) is 10.6. The standard InChI is InChI=1S/C17H16N4O3S/c22-17(18-8-6-13-4-2-1-3-5-13)15-10-14(12-25-15)11-20-9-7-16(19-20)21(23)24/h1-5,7,9-10,12H,6,8,11H2,(H,18,22). The maximum atomic E-state index is 12.2. The third kappa shape index (κ3) is 4.51. The molecule has 0 aliphatic rings. The van der Waals surface area contributed by atoms with E-state index in [2.05, 4.69) is 10.4 Å². The summed E-state index contributed by atoms with van der Waals surface area (Å²) in [7, 11) is 0. The van der Waals surface area contributed by atoms with Crippen LogP contribution in [-0.2, 0) is 13.0 Å². The quantitative estimate of drug-likeness (QED) is 0.521. The van der Waals surface area contributed by atoms with Crippen molar-refractivity contribution in [2.24, 2.45) is 0 Å². The van der Waals surface area contributed by atoms with E-state index in [1.165, 1.54) is 27.6 Å². The second-order valence-electron chi connectivity index (χ2n) is 5.44. The van der Waals surface area contributed by atoms with Crippen molar-refractivity contribution >= 4 is 23.1 Å². The van der Waals surface area contributed by atoms with Crippen LogP contribution in [0, 0.1) is 10.1 Å². The third-order valence-electron chi connectivity index (χ3n) is 3.58. The molecule has 1 N–H and O–H groups in total. The van der Waals surface area contributed by atoms with Crippen molar-refractivity contribution in [3.05, 3.63) is 80.2 Å². The average molecular weight is 356 g/mol. The fourth-order valence-electron chi connectivity index (χ4n) is 2.35. The first-order valence-electron chi connectivity index (χ1n) is 7.69. The molecular weight excluding hydrogens is 340 g/mol. The molecule has 1 amide bonds. The molecule has 2 heterocycles. The van der Waals surface area contributed by atoms with Gasteiger partial charge in [-0.25, -0.2) is 0 Å². The van der Waals surface area contributed by atoms with Gasteiger partial charge in [0.15, 0.2) is 0 Å². The number of thiophene rings is 1. The van der Waals surface area contributed by atoms with Gasteiger partial charge in [-0.05, 0) is 33.9 Å². The lowest BCUT2D eigenvalue weighted by Gasteiger charge is -2.03. The SMILES string of the molecule is O=C(NCCc1ccccc1)c1cc(Cn2ccc([N+](=O)[O-])n2)cs1. The Labute approximate surface area is 148 Å². The third-order valence-corrected chi connectivity index (χ3v) is 4.56. The maximum absolute atomic E-state index is 12.2. The highest BCUT2D eigenvalue weighted by Crippen LogP contribution is 2.16. The molecule has 3 rings (SSSR count). The monoisotopic (exact) mass is 356 g/mol. The Bertz CT molecular complexity index is 873. The zero-order valence-electron chi connectivity index (χ0n) is 13.3. The first kappa shape index (κ1) is 16.8. The minimum Gasteiger partial charge on any atom is -0.358 e. The molecule has 1 aromatic carbocycles. The molecule has 25 heavy (non-hydrogen) atoms. The molecule has 3 aromatic rings. The Morgan fingerprint density at radius 1 is 1.24 bits per heavy atom. The molecule has 8 heteroatoms. The van der Waals surface area contributed by atoms with Crippen LogP contribution in [0.15, 0.2) is 54.0 Å². The van der Waals surface area contributed by atoms with Crippen LogP contribution in [0.25, 0.3) is 0 Å². The number of hydrogen-bond acceptors (Lipinski definition) is 5. The van der Waals surface area contributed by atoms with E-state index in [0.717, 1.165) is 12.0 Å². The average Bonchev–Trinajstić information content (AvgIpc) is 3.26. The molecule has 0 fully saturated rings. The van der Waals surface area contributed by atoms with E-state index in [1.54, 1.807) is 12.3 Å². The molecule has 0 aliphatic carbocycles. The van der Waals surface area contributed by atoms with Gasteiger partial charge in [0.2, 0.25) is 0 Å². The van der Waals surface area contributed by atoms with Gasteiger partial charge in [-0.2, -0.15) is 4.68 Å². The predicted molar refractivity (Wildman–Crippen MR) is 94.8 cm³/mol. The minimum atomic E-state index is -0.532. The molecule has 0 spiro atoms. The van der Waals surface area contributed by atoms with E-state index in [4.69, 9.17) is 0 Å². The smallest absolute Gasteiger partial charge is 0.358 e. The summed E-state index contributed by atoms with van der Waals surface area (Å²) in [5, 5.41) is 19.3. The number of hydrogen-bond donors (Lipinski definition) is 1. The lowest BCUT2D eigenvalue weighted by molar-refractivity contribution is -0.389. The zero-order chi connectivity index (χ0) is 17.6. The number of benzene rings is 1. The fourth-order valence-corrected chi connectivity index (χ4v) is 3.17. The van der Waals surface area contributed by atoms with Crippen LogP contribution in [0.5, 0.6) is 0 Å². The Balaban J connectivity index is 1.53. The van der Waals surface area contributed by atoms with Gasteiger partial charge >= 0.3 is 5.82 Å². The number of nitro groups is 1. The summed E-state index contributed by atoms with van der Waals surface area (Å²) in [6, 6.07) is 13.1. The van der Waals surface area contributed by atoms with Crippen LogP contribution in [0.1, 0.15) is 20.8 Å². The lowest BCUT2D eigenvalue weighted by atomic mass is 10.1. The van der Waals surface area contributed by atoms with Gasteiger partial charge in [-0.15, -0.1) is 11.3 Å². The van der Waals surface area contributed by atoms with Crippen LogP contribution in [0.3, 0.4) is 0 Å². The molecular formula is C17H16N4O3S. The predicted octanol–water partition coefficient (Wildman–Crippen LogP) is 2.87. The highest BCUT2D eigenvalue weighted by Gasteiger charge is 2.13. The molecule has 0 unspecified atom stereocenters. The van der Waals surface area contributed by atoms with Crippen LogP contribution in [-0.4, -0.2) is 27.2 Å². The first-order valence-corrected chi connectivity index (χ1v) is 8.57. The maximum Gasteiger partial charge on any atom is 0.389 e. The van der Waals surface area contributed by atoms with Crippen molar-refractivity contribution in [3.63, 3.8) is 0 Å². The summed E-state index contributed by atoms with van der Waals surface area (Å²) < 4.78 is 1.48. The number of carbonyl (C=O) groups is 1. The van der Waals surface area contributed by atoms with Crippen molar-refractivity contribution < 1.29 is 9.72 Å². The number of nitrogens with one attached hydrogen (secondary N) is 1. The number of carbonyl (C=O) groups excluding carboxylic acids is 1. The largest absolute Gasteiger partial charge is 0.389 e. The van der Waals surface area contributed by atoms with E-state index >= 15 is 0 Å². The highest BCUT2D eigenvalue weighted by atomic mass is 32.1. The number of aromatic nitrogens is 2. The van der Waals surface area contributed by atoms with Crippen molar-refractivity contribution in [2.45, 2.75) is 13.0 Å². The Morgan fingerprint density at radius 3 is 2.76 bits per heavy atom. The second-order valence-corrected chi connectivity index (χ2v) is 6.35. The summed E-state index contributed by atoms with van der Waals surface area (Å²) in [5.74, 6) is -0.298. The Kier molecular flexibility index (Phi) is 5.20. The van der Waals surface area contributed by atoms with E-state index in [9.17, 15) is 14.9 Å². The highest BCUT2D eigenvalue weighted by molar-refractivity contribution is 7.12.